The van der Waals surface area contributed by atoms with Crippen molar-refractivity contribution in [2.24, 2.45) is 0 Å². The Morgan fingerprint density at radius 3 is 2.82 bits per heavy atom. The van der Waals surface area contributed by atoms with E-state index in [2.05, 4.69) is 9.88 Å². The Bertz CT molecular complexity index is 437. The number of carbonyl (C=O) groups is 1. The Balaban J connectivity index is 2.00. The van der Waals surface area contributed by atoms with Gasteiger partial charge in [0.15, 0.2) is 5.78 Å². The second-order valence-electron chi connectivity index (χ2n) is 4.25. The fraction of sp³-hybridized carbons (Fsp3) is 0.545. The lowest BCUT2D eigenvalue weighted by molar-refractivity contribution is -0.384. The molecule has 1 N–H and O–H groups in total. The number of hydrogen-bond donors (Lipinski definition) is 1. The second kappa shape index (κ2) is 4.67. The standard InChI is InChI=1S/C11H15N3O3/c1-2-13(8-3-4-8)7-11(15)10-5-9(6-12-10)14(16)17/h5-6,8,12H,2-4,7H2,1H3. The molecule has 0 spiro atoms. The minimum absolute atomic E-state index is 0.0668. The summed E-state index contributed by atoms with van der Waals surface area (Å²) in [5, 5.41) is 10.5. The van der Waals surface area contributed by atoms with E-state index in [1.165, 1.54) is 12.3 Å². The first-order valence-corrected chi connectivity index (χ1v) is 5.72. The third-order valence-electron chi connectivity index (χ3n) is 3.00. The van der Waals surface area contributed by atoms with Crippen LogP contribution in [0.2, 0.25) is 0 Å². The third-order valence-corrected chi connectivity index (χ3v) is 3.00. The van der Waals surface area contributed by atoms with E-state index in [-0.39, 0.29) is 11.5 Å². The summed E-state index contributed by atoms with van der Waals surface area (Å²) < 4.78 is 0. The Hall–Kier alpha value is -1.69. The molecule has 1 aliphatic carbocycles. The molecule has 2 rings (SSSR count). The van der Waals surface area contributed by atoms with Crippen LogP contribution in [0.5, 0.6) is 0 Å². The molecule has 0 atom stereocenters. The quantitative estimate of drug-likeness (QED) is 0.463. The van der Waals surface area contributed by atoms with Crippen LogP contribution in [0.4, 0.5) is 5.69 Å². The van der Waals surface area contributed by atoms with Crippen molar-refractivity contribution in [2.45, 2.75) is 25.8 Å². The van der Waals surface area contributed by atoms with Crippen LogP contribution < -0.4 is 0 Å². The molecule has 0 radical (unpaired) electrons. The van der Waals surface area contributed by atoms with E-state index >= 15 is 0 Å². The summed E-state index contributed by atoms with van der Waals surface area (Å²) in [5.74, 6) is -0.0909. The van der Waals surface area contributed by atoms with Gasteiger partial charge in [-0.3, -0.25) is 19.8 Å². The molecule has 1 fully saturated rings. The number of nitro groups is 1. The third kappa shape index (κ3) is 2.71. The molecular formula is C11H15N3O3. The van der Waals surface area contributed by atoms with E-state index in [1.807, 2.05) is 6.92 Å². The summed E-state index contributed by atoms with van der Waals surface area (Å²) >= 11 is 0. The highest BCUT2D eigenvalue weighted by Gasteiger charge is 2.29. The van der Waals surface area contributed by atoms with Gasteiger partial charge in [-0.1, -0.05) is 6.92 Å². The van der Waals surface area contributed by atoms with Gasteiger partial charge in [0.2, 0.25) is 0 Å². The highest BCUT2D eigenvalue weighted by Crippen LogP contribution is 2.26. The predicted octanol–water partition coefficient (Wildman–Crippen LogP) is 1.59. The molecule has 0 aliphatic heterocycles. The molecule has 6 heteroatoms. The zero-order chi connectivity index (χ0) is 12.4. The van der Waals surface area contributed by atoms with Crippen molar-refractivity contribution in [3.05, 3.63) is 28.1 Å². The van der Waals surface area contributed by atoms with E-state index in [1.54, 1.807) is 0 Å². The van der Waals surface area contributed by atoms with Crippen LogP contribution >= 0.6 is 0 Å². The highest BCUT2D eigenvalue weighted by atomic mass is 16.6. The number of H-pyrrole nitrogens is 1. The van der Waals surface area contributed by atoms with Crippen LogP contribution in [0.15, 0.2) is 12.3 Å². The Morgan fingerprint density at radius 2 is 2.35 bits per heavy atom. The maximum absolute atomic E-state index is 11.9. The molecule has 1 saturated carbocycles. The summed E-state index contributed by atoms with van der Waals surface area (Å²) in [7, 11) is 0. The molecule has 0 aromatic carbocycles. The predicted molar refractivity (Wildman–Crippen MR) is 62.0 cm³/mol. The summed E-state index contributed by atoms with van der Waals surface area (Å²) in [6.07, 6.45) is 3.54. The normalized spacial score (nSPS) is 15.2. The number of Topliss-reactive ketones (excluding diaryl/α,β-unsaturated/α-hetero) is 1. The average Bonchev–Trinajstić information content (AvgIpc) is 3.01. The molecule has 92 valence electrons. The SMILES string of the molecule is CCN(CC(=O)c1cc([N+](=O)[O-])c[nH]1)C1CC1. The monoisotopic (exact) mass is 237 g/mol. The van der Waals surface area contributed by atoms with Crippen molar-refractivity contribution in [2.75, 3.05) is 13.1 Å². The number of ketones is 1. The van der Waals surface area contributed by atoms with E-state index < -0.39 is 4.92 Å². The molecule has 0 amide bonds. The van der Waals surface area contributed by atoms with Gasteiger partial charge in [-0.15, -0.1) is 0 Å². The molecule has 1 aromatic heterocycles. The van der Waals surface area contributed by atoms with Gasteiger partial charge in [0.05, 0.1) is 23.4 Å². The highest BCUT2D eigenvalue weighted by molar-refractivity contribution is 5.96. The first-order valence-electron chi connectivity index (χ1n) is 5.72. The number of likely N-dealkylation sites (N-methyl/N-ethyl adjacent to an activating group) is 1. The fourth-order valence-electron chi connectivity index (χ4n) is 1.86. The number of hydrogen-bond acceptors (Lipinski definition) is 4. The summed E-state index contributed by atoms with van der Waals surface area (Å²) in [4.78, 5) is 26.6. The number of carbonyl (C=O) groups excluding carboxylic acids is 1. The van der Waals surface area contributed by atoms with Crippen LogP contribution in [-0.2, 0) is 0 Å². The Kier molecular flexibility index (Phi) is 3.23. The van der Waals surface area contributed by atoms with Gasteiger partial charge >= 0.3 is 0 Å². The Labute approximate surface area is 98.8 Å². The van der Waals surface area contributed by atoms with Crippen LogP contribution in [0.25, 0.3) is 0 Å². The van der Waals surface area contributed by atoms with Gasteiger partial charge < -0.3 is 4.98 Å². The van der Waals surface area contributed by atoms with E-state index in [4.69, 9.17) is 0 Å². The molecule has 6 nitrogen and oxygen atoms in total. The van der Waals surface area contributed by atoms with E-state index in [9.17, 15) is 14.9 Å². The summed E-state index contributed by atoms with van der Waals surface area (Å²) in [5.41, 5.74) is 0.249. The molecule has 0 unspecified atom stereocenters. The fourth-order valence-corrected chi connectivity index (χ4v) is 1.86. The van der Waals surface area contributed by atoms with Gasteiger partial charge in [0, 0.05) is 12.1 Å². The van der Waals surface area contributed by atoms with Gasteiger partial charge in [-0.25, -0.2) is 0 Å². The maximum atomic E-state index is 11.9. The first-order chi connectivity index (χ1) is 8.11. The number of rotatable bonds is 6. The maximum Gasteiger partial charge on any atom is 0.287 e. The largest absolute Gasteiger partial charge is 0.353 e. The van der Waals surface area contributed by atoms with Crippen molar-refractivity contribution >= 4 is 11.5 Å². The van der Waals surface area contributed by atoms with Crippen LogP contribution in [0, 0.1) is 10.1 Å². The Morgan fingerprint density at radius 1 is 1.65 bits per heavy atom. The average molecular weight is 237 g/mol. The molecule has 1 heterocycles. The zero-order valence-corrected chi connectivity index (χ0v) is 9.68. The van der Waals surface area contributed by atoms with Crippen LogP contribution in [0.1, 0.15) is 30.3 Å². The smallest absolute Gasteiger partial charge is 0.287 e. The molecule has 1 aliphatic rings. The molecule has 0 bridgehead atoms. The second-order valence-corrected chi connectivity index (χ2v) is 4.25. The van der Waals surface area contributed by atoms with Crippen molar-refractivity contribution in [1.82, 2.24) is 9.88 Å². The van der Waals surface area contributed by atoms with Crippen LogP contribution in [-0.4, -0.2) is 39.7 Å². The lowest BCUT2D eigenvalue weighted by Gasteiger charge is -2.17. The van der Waals surface area contributed by atoms with Crippen molar-refractivity contribution in [1.29, 1.82) is 0 Å². The van der Waals surface area contributed by atoms with Gasteiger partial charge in [0.1, 0.15) is 0 Å². The first kappa shape index (κ1) is 11.8. The summed E-state index contributed by atoms with van der Waals surface area (Å²) in [6.45, 7) is 3.18. The molecule has 0 saturated heterocycles. The minimum atomic E-state index is -0.508. The number of nitrogens with one attached hydrogen (secondary N) is 1. The lowest BCUT2D eigenvalue weighted by atomic mass is 10.2. The van der Waals surface area contributed by atoms with E-state index in [0.29, 0.717) is 18.3 Å². The van der Waals surface area contributed by atoms with Gasteiger partial charge in [0.25, 0.3) is 5.69 Å². The molecule has 17 heavy (non-hydrogen) atoms. The number of nitrogens with zero attached hydrogens (tertiary/aromatic N) is 2. The van der Waals surface area contributed by atoms with Gasteiger partial charge in [-0.2, -0.15) is 0 Å². The van der Waals surface area contributed by atoms with Crippen molar-refractivity contribution < 1.29 is 9.72 Å². The molecule has 1 aromatic rings. The number of aromatic amines is 1. The zero-order valence-electron chi connectivity index (χ0n) is 9.68. The van der Waals surface area contributed by atoms with Crippen molar-refractivity contribution in [3.8, 4) is 0 Å². The van der Waals surface area contributed by atoms with Gasteiger partial charge in [-0.05, 0) is 19.4 Å². The summed E-state index contributed by atoms with van der Waals surface area (Å²) in [6, 6.07) is 1.82. The van der Waals surface area contributed by atoms with Crippen LogP contribution in [0.3, 0.4) is 0 Å². The molecular weight excluding hydrogens is 222 g/mol. The topological polar surface area (TPSA) is 79.2 Å². The van der Waals surface area contributed by atoms with Crippen molar-refractivity contribution in [3.63, 3.8) is 0 Å². The number of aromatic nitrogens is 1. The minimum Gasteiger partial charge on any atom is -0.353 e. The van der Waals surface area contributed by atoms with E-state index in [0.717, 1.165) is 19.4 Å². The lowest BCUT2D eigenvalue weighted by Crippen LogP contribution is -2.31.